The standard InChI is InChI=1S/C34H30N6O4S/c1-39-15-17-40(18-16-39)28-12-10-26(11-13-28)36-22-30-29-14-9-24(20-31(29)37-34(30)42)33(41)23-6-4-7-27(19-23)38-45(43,44)32-8-3-2-5-25(32)21-35/h2-14,19-20,22,37-38,42H,15-18H2,1H3. The lowest BCUT2D eigenvalue weighted by atomic mass is 10.0. The minimum absolute atomic E-state index is 0.0169. The SMILES string of the molecule is CN1CCN(c2ccc(N=Cc3c(O)[nH]c4cc(C(=O)c5cccc(NS(=O)(=O)c6ccccc6C#N)c5)ccc34)cc2)CC1. The Morgan fingerprint density at radius 1 is 0.956 bits per heavy atom. The fraction of sp³-hybridized carbons (Fsp3) is 0.147. The van der Waals surface area contributed by atoms with Gasteiger partial charge in [-0.1, -0.05) is 36.4 Å². The fourth-order valence-electron chi connectivity index (χ4n) is 5.32. The van der Waals surface area contributed by atoms with Crippen LogP contribution in [0.1, 0.15) is 27.0 Å². The number of aromatic hydroxyl groups is 1. The van der Waals surface area contributed by atoms with E-state index in [1.807, 2.05) is 18.2 Å². The summed E-state index contributed by atoms with van der Waals surface area (Å²) >= 11 is 0. The first kappa shape index (κ1) is 29.6. The van der Waals surface area contributed by atoms with Gasteiger partial charge in [0.15, 0.2) is 11.7 Å². The van der Waals surface area contributed by atoms with Gasteiger partial charge in [0, 0.05) is 65.8 Å². The summed E-state index contributed by atoms with van der Waals surface area (Å²) in [5.74, 6) is -0.401. The molecule has 0 bridgehead atoms. The van der Waals surface area contributed by atoms with E-state index in [2.05, 4.69) is 43.7 Å². The number of carbonyl (C=O) groups excluding carboxylic acids is 1. The van der Waals surface area contributed by atoms with Crippen molar-refractivity contribution in [3.05, 3.63) is 113 Å². The third kappa shape index (κ3) is 6.28. The number of hydrogen-bond donors (Lipinski definition) is 3. The van der Waals surface area contributed by atoms with Crippen LogP contribution in [0.2, 0.25) is 0 Å². The molecule has 2 heterocycles. The van der Waals surface area contributed by atoms with Crippen LogP contribution in [0.4, 0.5) is 17.1 Å². The Morgan fingerprint density at radius 2 is 1.69 bits per heavy atom. The van der Waals surface area contributed by atoms with Crippen LogP contribution in [0.25, 0.3) is 10.9 Å². The number of nitriles is 1. The van der Waals surface area contributed by atoms with Gasteiger partial charge in [0.05, 0.1) is 16.8 Å². The third-order valence-corrected chi connectivity index (χ3v) is 9.25. The normalized spacial score (nSPS) is 14.1. The number of aromatic amines is 1. The molecule has 11 heteroatoms. The second-order valence-corrected chi connectivity index (χ2v) is 12.5. The zero-order valence-electron chi connectivity index (χ0n) is 24.4. The number of ketones is 1. The Kier molecular flexibility index (Phi) is 8.08. The van der Waals surface area contributed by atoms with E-state index >= 15 is 0 Å². The predicted octanol–water partition coefficient (Wildman–Crippen LogP) is 5.28. The van der Waals surface area contributed by atoms with Crippen molar-refractivity contribution in [2.45, 2.75) is 4.90 Å². The summed E-state index contributed by atoms with van der Waals surface area (Å²) < 4.78 is 28.4. The summed E-state index contributed by atoms with van der Waals surface area (Å²) in [4.78, 5) is 25.4. The van der Waals surface area contributed by atoms with Gasteiger partial charge in [-0.05, 0) is 61.6 Å². The quantitative estimate of drug-likeness (QED) is 0.159. The van der Waals surface area contributed by atoms with Crippen LogP contribution in [0.15, 0.2) is 101 Å². The monoisotopic (exact) mass is 618 g/mol. The lowest BCUT2D eigenvalue weighted by molar-refractivity contribution is 0.103. The molecule has 10 nitrogen and oxygen atoms in total. The van der Waals surface area contributed by atoms with Crippen LogP contribution in [0.5, 0.6) is 5.88 Å². The molecule has 1 fully saturated rings. The van der Waals surface area contributed by atoms with Crippen LogP contribution in [-0.2, 0) is 10.0 Å². The second-order valence-electron chi connectivity index (χ2n) is 10.8. The number of sulfonamides is 1. The number of H-pyrrole nitrogens is 1. The molecule has 0 unspecified atom stereocenters. The lowest BCUT2D eigenvalue weighted by Crippen LogP contribution is -2.44. The van der Waals surface area contributed by atoms with Gasteiger partial charge in [-0.3, -0.25) is 14.5 Å². The van der Waals surface area contributed by atoms with Crippen LogP contribution in [0.3, 0.4) is 0 Å². The number of nitrogens with one attached hydrogen (secondary N) is 2. The van der Waals surface area contributed by atoms with Crippen molar-refractivity contribution in [3.63, 3.8) is 0 Å². The van der Waals surface area contributed by atoms with E-state index in [4.69, 9.17) is 0 Å². The minimum Gasteiger partial charge on any atom is -0.494 e. The maximum Gasteiger partial charge on any atom is 0.263 e. The number of aromatic nitrogens is 1. The number of carbonyl (C=O) groups is 1. The molecular formula is C34H30N6O4S. The van der Waals surface area contributed by atoms with Crippen molar-refractivity contribution in [1.29, 1.82) is 5.26 Å². The first-order valence-corrected chi connectivity index (χ1v) is 15.8. The highest BCUT2D eigenvalue weighted by atomic mass is 32.2. The molecule has 0 amide bonds. The molecule has 0 aliphatic carbocycles. The van der Waals surface area contributed by atoms with E-state index in [0.29, 0.717) is 22.0 Å². The molecule has 4 aromatic carbocycles. The fourth-order valence-corrected chi connectivity index (χ4v) is 6.53. The smallest absolute Gasteiger partial charge is 0.263 e. The molecule has 0 spiro atoms. The number of anilines is 2. The maximum atomic E-state index is 13.4. The van der Waals surface area contributed by atoms with Crippen molar-refractivity contribution in [3.8, 4) is 11.9 Å². The minimum atomic E-state index is -4.06. The van der Waals surface area contributed by atoms with Crippen molar-refractivity contribution in [2.75, 3.05) is 42.8 Å². The molecule has 6 rings (SSSR count). The topological polar surface area (TPSA) is 142 Å². The number of aliphatic imine (C=N–C) groups is 1. The largest absolute Gasteiger partial charge is 0.494 e. The van der Waals surface area contributed by atoms with Gasteiger partial charge in [-0.2, -0.15) is 5.26 Å². The van der Waals surface area contributed by atoms with Gasteiger partial charge < -0.3 is 19.9 Å². The van der Waals surface area contributed by atoms with E-state index in [0.717, 1.165) is 37.6 Å². The number of fused-ring (bicyclic) bond motifs is 1. The Labute approximate surface area is 260 Å². The molecule has 1 aliphatic rings. The molecule has 45 heavy (non-hydrogen) atoms. The molecule has 1 aromatic heterocycles. The van der Waals surface area contributed by atoms with Gasteiger partial charge in [-0.15, -0.1) is 0 Å². The van der Waals surface area contributed by atoms with Crippen molar-refractivity contribution >= 4 is 50.0 Å². The van der Waals surface area contributed by atoms with Crippen molar-refractivity contribution < 1.29 is 18.3 Å². The van der Waals surface area contributed by atoms with Gasteiger partial charge in [0.25, 0.3) is 10.0 Å². The Balaban J connectivity index is 1.19. The van der Waals surface area contributed by atoms with Crippen LogP contribution < -0.4 is 9.62 Å². The Bertz CT molecular complexity index is 2070. The second kappa shape index (κ2) is 12.3. The van der Waals surface area contributed by atoms with Crippen molar-refractivity contribution in [1.82, 2.24) is 9.88 Å². The summed E-state index contributed by atoms with van der Waals surface area (Å²) in [5, 5.41) is 20.6. The highest BCUT2D eigenvalue weighted by molar-refractivity contribution is 7.92. The Morgan fingerprint density at radius 3 is 2.44 bits per heavy atom. The summed E-state index contributed by atoms with van der Waals surface area (Å²) in [5.41, 5.74) is 3.77. The molecular weight excluding hydrogens is 588 g/mol. The molecule has 0 saturated carbocycles. The zero-order chi connectivity index (χ0) is 31.6. The first-order valence-electron chi connectivity index (χ1n) is 14.3. The van der Waals surface area contributed by atoms with E-state index in [1.165, 1.54) is 30.3 Å². The average molecular weight is 619 g/mol. The highest BCUT2D eigenvalue weighted by Gasteiger charge is 2.20. The first-order chi connectivity index (χ1) is 21.7. The van der Waals surface area contributed by atoms with E-state index in [-0.39, 0.29) is 33.4 Å². The summed E-state index contributed by atoms with van der Waals surface area (Å²) in [6.07, 6.45) is 1.60. The molecule has 226 valence electrons. The summed E-state index contributed by atoms with van der Waals surface area (Å²) in [6, 6.07) is 26.9. The van der Waals surface area contributed by atoms with Gasteiger partial charge in [-0.25, -0.2) is 8.42 Å². The summed E-state index contributed by atoms with van der Waals surface area (Å²) in [7, 11) is -1.93. The number of nitrogens with zero attached hydrogens (tertiary/aromatic N) is 4. The van der Waals surface area contributed by atoms with Gasteiger partial charge >= 0.3 is 0 Å². The molecule has 0 radical (unpaired) electrons. The van der Waals surface area contributed by atoms with E-state index < -0.39 is 10.0 Å². The van der Waals surface area contributed by atoms with Crippen LogP contribution in [0, 0.1) is 11.3 Å². The zero-order valence-corrected chi connectivity index (χ0v) is 25.3. The number of benzene rings is 4. The maximum absolute atomic E-state index is 13.4. The van der Waals surface area contributed by atoms with Gasteiger partial charge in [0.2, 0.25) is 0 Å². The van der Waals surface area contributed by atoms with Crippen LogP contribution in [-0.4, -0.2) is 68.6 Å². The molecule has 3 N–H and O–H groups in total. The van der Waals surface area contributed by atoms with Crippen LogP contribution >= 0.6 is 0 Å². The number of rotatable bonds is 8. The molecule has 1 aliphatic heterocycles. The number of likely N-dealkylation sites (N-methyl/N-ethyl adjacent to an activating group) is 1. The molecule has 5 aromatic rings. The third-order valence-electron chi connectivity index (χ3n) is 7.81. The molecule has 1 saturated heterocycles. The summed E-state index contributed by atoms with van der Waals surface area (Å²) in [6.45, 7) is 4.02. The van der Waals surface area contributed by atoms with Crippen molar-refractivity contribution in [2.24, 2.45) is 4.99 Å². The lowest BCUT2D eigenvalue weighted by Gasteiger charge is -2.34. The Hall–Kier alpha value is -5.44. The van der Waals surface area contributed by atoms with Gasteiger partial charge in [0.1, 0.15) is 11.0 Å². The average Bonchev–Trinajstić information content (AvgIpc) is 3.37. The highest BCUT2D eigenvalue weighted by Crippen LogP contribution is 2.29. The number of hydrogen-bond acceptors (Lipinski definition) is 8. The van der Waals surface area contributed by atoms with E-state index in [9.17, 15) is 23.6 Å². The predicted molar refractivity (Wildman–Crippen MR) is 175 cm³/mol. The molecule has 0 atom stereocenters. The number of piperazine rings is 1. The van der Waals surface area contributed by atoms with E-state index in [1.54, 1.807) is 42.6 Å².